The third kappa shape index (κ3) is 3.68. The van der Waals surface area contributed by atoms with E-state index in [0.717, 1.165) is 0 Å². The van der Waals surface area contributed by atoms with Crippen LogP contribution in [0.15, 0.2) is 16.9 Å². The minimum Gasteiger partial charge on any atom is -0.396 e. The number of hydrogen-bond acceptors (Lipinski definition) is 4. The summed E-state index contributed by atoms with van der Waals surface area (Å²) in [4.78, 5) is 18.0. The van der Waals surface area contributed by atoms with Crippen molar-refractivity contribution in [1.82, 2.24) is 19.7 Å². The molecule has 0 bridgehead atoms. The minimum atomic E-state index is -3.16. The maximum atomic E-state index is 15.0. The minimum absolute atomic E-state index is 0.0330. The lowest BCUT2D eigenvalue weighted by atomic mass is 9.93. The van der Waals surface area contributed by atoms with Crippen LogP contribution in [0.1, 0.15) is 36.7 Å². The average Bonchev–Trinajstić information content (AvgIpc) is 2.99. The first kappa shape index (κ1) is 21.1. The highest BCUT2D eigenvalue weighted by Gasteiger charge is 2.45. The Morgan fingerprint density at radius 1 is 1.47 bits per heavy atom. The molecule has 4 heterocycles. The molecule has 2 aromatic heterocycles. The Morgan fingerprint density at radius 3 is 2.97 bits per heavy atom. The number of carbonyl (C=O) groups is 1. The first-order valence-electron chi connectivity index (χ1n) is 9.66. The monoisotopic (exact) mass is 487 g/mol. The molecule has 0 spiro atoms. The highest BCUT2D eigenvalue weighted by atomic mass is 79.9. The highest BCUT2D eigenvalue weighted by molar-refractivity contribution is 9.10. The number of amides is 2. The molecular weight excluding hydrogens is 467 g/mol. The molecule has 0 radical (unpaired) electrons. The second-order valence-corrected chi connectivity index (χ2v) is 8.57. The first-order valence-corrected chi connectivity index (χ1v) is 10.5. The van der Waals surface area contributed by atoms with Gasteiger partial charge in [0.15, 0.2) is 5.82 Å². The molecule has 2 aliphatic rings. The van der Waals surface area contributed by atoms with E-state index in [1.807, 2.05) is 0 Å². The number of nitrogens with zero attached hydrogens (tertiary/aromatic N) is 4. The van der Waals surface area contributed by atoms with Crippen molar-refractivity contribution in [2.24, 2.45) is 5.92 Å². The van der Waals surface area contributed by atoms with E-state index in [4.69, 9.17) is 0 Å². The summed E-state index contributed by atoms with van der Waals surface area (Å²) in [5, 5.41) is 16.3. The predicted molar refractivity (Wildman–Crippen MR) is 106 cm³/mol. The maximum Gasteiger partial charge on any atom is 0.322 e. The summed E-state index contributed by atoms with van der Waals surface area (Å²) in [6, 6.07) is 0.437. The summed E-state index contributed by atoms with van der Waals surface area (Å²) in [6.07, 6.45) is 1.62. The van der Waals surface area contributed by atoms with Crippen LogP contribution in [-0.2, 0) is 25.4 Å². The Balaban J connectivity index is 1.63. The largest absolute Gasteiger partial charge is 0.396 e. The molecule has 0 aromatic carbocycles. The number of halogens is 4. The van der Waals surface area contributed by atoms with Crippen molar-refractivity contribution in [3.05, 3.63) is 39.6 Å². The molecule has 162 valence electrons. The molecular formula is C19H21BrF3N5O2. The van der Waals surface area contributed by atoms with Crippen LogP contribution in [0.25, 0.3) is 0 Å². The molecule has 2 aliphatic heterocycles. The van der Waals surface area contributed by atoms with Gasteiger partial charge in [0.05, 0.1) is 17.9 Å². The number of anilines is 1. The van der Waals surface area contributed by atoms with Crippen molar-refractivity contribution in [1.29, 1.82) is 0 Å². The van der Waals surface area contributed by atoms with Gasteiger partial charge in [-0.1, -0.05) is 0 Å². The van der Waals surface area contributed by atoms with Gasteiger partial charge in [-0.05, 0) is 41.3 Å². The van der Waals surface area contributed by atoms with Crippen LogP contribution in [0.2, 0.25) is 0 Å². The van der Waals surface area contributed by atoms with Gasteiger partial charge in [-0.2, -0.15) is 13.9 Å². The smallest absolute Gasteiger partial charge is 0.322 e. The third-order valence-electron chi connectivity index (χ3n) is 5.73. The first-order chi connectivity index (χ1) is 14.2. The molecule has 2 amide bonds. The van der Waals surface area contributed by atoms with E-state index in [0.29, 0.717) is 30.6 Å². The Kier molecular flexibility index (Phi) is 5.52. The number of rotatable bonds is 2. The van der Waals surface area contributed by atoms with Gasteiger partial charge in [-0.3, -0.25) is 4.68 Å². The normalized spacial score (nSPS) is 22.8. The van der Waals surface area contributed by atoms with Gasteiger partial charge in [0.1, 0.15) is 10.3 Å². The van der Waals surface area contributed by atoms with Gasteiger partial charge in [0.2, 0.25) is 0 Å². The third-order valence-corrected chi connectivity index (χ3v) is 6.28. The number of aromatic nitrogens is 3. The van der Waals surface area contributed by atoms with E-state index in [9.17, 15) is 14.3 Å². The van der Waals surface area contributed by atoms with E-state index in [1.165, 1.54) is 21.8 Å². The molecule has 2 N–H and O–H groups in total. The van der Waals surface area contributed by atoms with E-state index < -0.39 is 30.1 Å². The van der Waals surface area contributed by atoms with Gasteiger partial charge >= 0.3 is 6.03 Å². The predicted octanol–water partition coefficient (Wildman–Crippen LogP) is 3.65. The SMILES string of the molecule is C[C@@H]1Cc2nn3c(c2CN1C(=O)Nc1ccnc(Br)c1F)C(F)(F)C[C@@H](CO)CC3. The summed E-state index contributed by atoms with van der Waals surface area (Å²) < 4.78 is 45.5. The van der Waals surface area contributed by atoms with E-state index in [2.05, 4.69) is 31.3 Å². The zero-order valence-corrected chi connectivity index (χ0v) is 17.8. The average molecular weight is 488 g/mol. The van der Waals surface area contributed by atoms with Gasteiger partial charge in [-0.25, -0.2) is 14.2 Å². The summed E-state index contributed by atoms with van der Waals surface area (Å²) in [6.45, 7) is 1.73. The number of urea groups is 1. The lowest BCUT2D eigenvalue weighted by Crippen LogP contribution is -2.45. The van der Waals surface area contributed by atoms with E-state index in [-0.39, 0.29) is 35.2 Å². The van der Waals surface area contributed by atoms with Gasteiger partial charge in [0, 0.05) is 43.8 Å². The summed E-state index contributed by atoms with van der Waals surface area (Å²) in [7, 11) is 0. The number of aliphatic hydroxyl groups is 1. The van der Waals surface area contributed by atoms with Crippen molar-refractivity contribution in [2.75, 3.05) is 11.9 Å². The number of pyridine rings is 1. The maximum absolute atomic E-state index is 15.0. The zero-order valence-electron chi connectivity index (χ0n) is 16.2. The van der Waals surface area contributed by atoms with Crippen molar-refractivity contribution >= 4 is 27.6 Å². The van der Waals surface area contributed by atoms with Crippen LogP contribution in [0.5, 0.6) is 0 Å². The van der Waals surface area contributed by atoms with Crippen LogP contribution >= 0.6 is 15.9 Å². The number of carbonyl (C=O) groups excluding carboxylic acids is 1. The van der Waals surface area contributed by atoms with E-state index in [1.54, 1.807) is 6.92 Å². The second kappa shape index (κ2) is 7.84. The number of aliphatic hydroxyl groups excluding tert-OH is 1. The lowest BCUT2D eigenvalue weighted by molar-refractivity contribution is -0.0386. The summed E-state index contributed by atoms with van der Waals surface area (Å²) in [5.41, 5.74) is 0.658. The fourth-order valence-corrected chi connectivity index (χ4v) is 4.49. The fourth-order valence-electron chi connectivity index (χ4n) is 4.16. The molecule has 30 heavy (non-hydrogen) atoms. The molecule has 2 aromatic rings. The van der Waals surface area contributed by atoms with Gasteiger partial charge < -0.3 is 15.3 Å². The standard InChI is InChI=1S/C19H21BrF3N5O2/c1-10-6-14-12(16-19(22,23)7-11(9-29)3-5-28(16)26-14)8-27(10)18(30)25-13-2-4-24-17(20)15(13)21/h2,4,10-11,29H,3,5-9H2,1H3,(H,24,25,30)/t10-,11+/m1/s1. The van der Waals surface area contributed by atoms with Crippen LogP contribution in [0.3, 0.4) is 0 Å². The van der Waals surface area contributed by atoms with E-state index >= 15 is 8.78 Å². The molecule has 0 saturated carbocycles. The fraction of sp³-hybridized carbons (Fsp3) is 0.526. The van der Waals surface area contributed by atoms with Gasteiger partial charge in [0.25, 0.3) is 5.92 Å². The van der Waals surface area contributed by atoms with Crippen LogP contribution < -0.4 is 5.32 Å². The number of hydrogen-bond donors (Lipinski definition) is 2. The molecule has 0 aliphatic carbocycles. The van der Waals surface area contributed by atoms with Crippen molar-refractivity contribution in [3.63, 3.8) is 0 Å². The van der Waals surface area contributed by atoms with Gasteiger partial charge in [-0.15, -0.1) is 0 Å². The Bertz CT molecular complexity index is 983. The lowest BCUT2D eigenvalue weighted by Gasteiger charge is -2.34. The molecule has 0 saturated heterocycles. The Hall–Kier alpha value is -2.14. The quantitative estimate of drug-likeness (QED) is 0.633. The topological polar surface area (TPSA) is 83.3 Å². The zero-order chi connectivity index (χ0) is 21.6. The Labute approximate surface area is 179 Å². The Morgan fingerprint density at radius 2 is 2.23 bits per heavy atom. The molecule has 11 heteroatoms. The number of alkyl halides is 2. The number of fused-ring (bicyclic) bond motifs is 3. The molecule has 0 unspecified atom stereocenters. The van der Waals surface area contributed by atoms with Crippen LogP contribution in [0.4, 0.5) is 23.7 Å². The molecule has 2 atom stereocenters. The van der Waals surface area contributed by atoms with Crippen molar-refractivity contribution < 1.29 is 23.1 Å². The molecule has 4 rings (SSSR count). The second-order valence-electron chi connectivity index (χ2n) is 7.82. The van der Waals surface area contributed by atoms with Crippen LogP contribution in [0, 0.1) is 11.7 Å². The summed E-state index contributed by atoms with van der Waals surface area (Å²) >= 11 is 2.97. The number of aryl methyl sites for hydroxylation is 1. The van der Waals surface area contributed by atoms with Crippen molar-refractivity contribution in [2.45, 2.75) is 51.2 Å². The summed E-state index contributed by atoms with van der Waals surface area (Å²) in [5.74, 6) is -4.38. The van der Waals surface area contributed by atoms with Crippen LogP contribution in [-0.4, -0.2) is 43.5 Å². The molecule has 0 fully saturated rings. The number of nitrogens with one attached hydrogen (secondary N) is 1. The van der Waals surface area contributed by atoms with Crippen molar-refractivity contribution in [3.8, 4) is 0 Å². The highest BCUT2D eigenvalue weighted by Crippen LogP contribution is 2.42. The molecule has 7 nitrogen and oxygen atoms in total.